The van der Waals surface area contributed by atoms with E-state index in [1.54, 1.807) is 12.1 Å². The molecule has 0 radical (unpaired) electrons. The zero-order valence-electron chi connectivity index (χ0n) is 11.9. The van der Waals surface area contributed by atoms with E-state index in [-0.39, 0.29) is 11.9 Å². The Hall–Kier alpha value is -2.03. The molecule has 2 aromatic carbocycles. The lowest BCUT2D eigenvalue weighted by Gasteiger charge is -2.13. The minimum absolute atomic E-state index is 0.208. The van der Waals surface area contributed by atoms with Gasteiger partial charge in [0.05, 0.1) is 6.10 Å². The van der Waals surface area contributed by atoms with Crippen molar-refractivity contribution in [2.75, 3.05) is 5.32 Å². The summed E-state index contributed by atoms with van der Waals surface area (Å²) in [5.74, 6) is 0.673. The van der Waals surface area contributed by atoms with Crippen LogP contribution < -0.4 is 10.1 Å². The predicted octanol–water partition coefficient (Wildman–Crippen LogP) is 4.62. The van der Waals surface area contributed by atoms with E-state index in [0.29, 0.717) is 6.54 Å². The summed E-state index contributed by atoms with van der Waals surface area (Å²) in [5, 5.41) is 3.30. The second-order valence-corrected chi connectivity index (χ2v) is 4.84. The van der Waals surface area contributed by atoms with E-state index in [1.165, 1.54) is 12.1 Å². The highest BCUT2D eigenvalue weighted by Gasteiger charge is 2.01. The third-order valence-corrected chi connectivity index (χ3v) is 3.18. The Morgan fingerprint density at radius 3 is 2.30 bits per heavy atom. The molecule has 0 aromatic heterocycles. The number of benzene rings is 2. The normalized spacial score (nSPS) is 11.9. The second kappa shape index (κ2) is 6.94. The molecule has 0 spiro atoms. The zero-order chi connectivity index (χ0) is 14.4. The molecule has 0 saturated carbocycles. The summed E-state index contributed by atoms with van der Waals surface area (Å²) in [4.78, 5) is 0. The minimum Gasteiger partial charge on any atom is -0.491 e. The molecule has 0 aliphatic rings. The van der Waals surface area contributed by atoms with E-state index in [1.807, 2.05) is 24.3 Å². The van der Waals surface area contributed by atoms with Crippen molar-refractivity contribution in [1.29, 1.82) is 0 Å². The average Bonchev–Trinajstić information content (AvgIpc) is 2.48. The number of hydrogen-bond donors (Lipinski definition) is 1. The topological polar surface area (TPSA) is 21.3 Å². The van der Waals surface area contributed by atoms with Crippen molar-refractivity contribution in [1.82, 2.24) is 0 Å². The summed E-state index contributed by atoms with van der Waals surface area (Å²) < 4.78 is 18.5. The van der Waals surface area contributed by atoms with Crippen molar-refractivity contribution in [3.05, 3.63) is 59.9 Å². The van der Waals surface area contributed by atoms with Crippen molar-refractivity contribution in [3.63, 3.8) is 0 Å². The molecule has 0 bridgehead atoms. The van der Waals surface area contributed by atoms with E-state index < -0.39 is 0 Å². The van der Waals surface area contributed by atoms with Gasteiger partial charge in [-0.2, -0.15) is 0 Å². The predicted molar refractivity (Wildman–Crippen MR) is 80.5 cm³/mol. The molecular weight excluding hydrogens is 253 g/mol. The Labute approximate surface area is 119 Å². The highest BCUT2D eigenvalue weighted by Crippen LogP contribution is 2.18. The molecule has 1 unspecified atom stereocenters. The van der Waals surface area contributed by atoms with Gasteiger partial charge in [-0.05, 0) is 55.3 Å². The molecule has 1 N–H and O–H groups in total. The van der Waals surface area contributed by atoms with E-state index in [4.69, 9.17) is 4.74 Å². The molecule has 1 atom stereocenters. The summed E-state index contributed by atoms with van der Waals surface area (Å²) in [5.41, 5.74) is 2.07. The highest BCUT2D eigenvalue weighted by molar-refractivity contribution is 5.46. The number of nitrogens with one attached hydrogen (secondary N) is 1. The molecular formula is C17H20FNO. The average molecular weight is 273 g/mol. The molecule has 0 saturated heterocycles. The van der Waals surface area contributed by atoms with Gasteiger partial charge in [0.2, 0.25) is 0 Å². The van der Waals surface area contributed by atoms with Gasteiger partial charge in [-0.15, -0.1) is 0 Å². The van der Waals surface area contributed by atoms with Gasteiger partial charge in [0, 0.05) is 12.2 Å². The molecule has 0 aliphatic heterocycles. The largest absolute Gasteiger partial charge is 0.491 e. The minimum atomic E-state index is -0.208. The molecule has 20 heavy (non-hydrogen) atoms. The fourth-order valence-electron chi connectivity index (χ4n) is 1.77. The monoisotopic (exact) mass is 273 g/mol. The van der Waals surface area contributed by atoms with Crippen LogP contribution in [0.4, 0.5) is 10.1 Å². The van der Waals surface area contributed by atoms with Crippen molar-refractivity contribution in [2.45, 2.75) is 32.9 Å². The Kier molecular flexibility index (Phi) is 4.99. The van der Waals surface area contributed by atoms with E-state index in [9.17, 15) is 4.39 Å². The Morgan fingerprint density at radius 2 is 1.70 bits per heavy atom. The van der Waals surface area contributed by atoms with Crippen LogP contribution in [0.15, 0.2) is 48.5 Å². The Morgan fingerprint density at radius 1 is 1.05 bits per heavy atom. The van der Waals surface area contributed by atoms with Crippen LogP contribution in [-0.4, -0.2) is 6.10 Å². The number of ether oxygens (including phenoxy) is 1. The Balaban J connectivity index is 1.89. The van der Waals surface area contributed by atoms with Gasteiger partial charge in [0.1, 0.15) is 11.6 Å². The van der Waals surface area contributed by atoms with E-state index in [0.717, 1.165) is 23.4 Å². The summed E-state index contributed by atoms with van der Waals surface area (Å²) >= 11 is 0. The van der Waals surface area contributed by atoms with Crippen LogP contribution in [0.5, 0.6) is 5.75 Å². The lowest BCUT2D eigenvalue weighted by Crippen LogP contribution is -2.09. The van der Waals surface area contributed by atoms with E-state index in [2.05, 4.69) is 19.2 Å². The molecule has 0 amide bonds. The molecule has 2 rings (SSSR count). The van der Waals surface area contributed by atoms with Gasteiger partial charge >= 0.3 is 0 Å². The van der Waals surface area contributed by atoms with Crippen molar-refractivity contribution in [3.8, 4) is 5.75 Å². The van der Waals surface area contributed by atoms with Crippen LogP contribution in [0.25, 0.3) is 0 Å². The second-order valence-electron chi connectivity index (χ2n) is 4.84. The first-order valence-corrected chi connectivity index (χ1v) is 6.92. The smallest absolute Gasteiger partial charge is 0.123 e. The third-order valence-electron chi connectivity index (χ3n) is 3.18. The SMILES string of the molecule is CCC(C)Oc1ccc(NCc2ccc(F)cc2)cc1. The highest BCUT2D eigenvalue weighted by atomic mass is 19.1. The fraction of sp³-hybridized carbons (Fsp3) is 0.294. The van der Waals surface area contributed by atoms with E-state index >= 15 is 0 Å². The van der Waals surface area contributed by atoms with Crippen LogP contribution in [0.1, 0.15) is 25.8 Å². The quantitative estimate of drug-likeness (QED) is 0.829. The van der Waals surface area contributed by atoms with Gasteiger partial charge in [-0.25, -0.2) is 4.39 Å². The van der Waals surface area contributed by atoms with Crippen LogP contribution in [0.2, 0.25) is 0 Å². The maximum atomic E-state index is 12.8. The first-order chi connectivity index (χ1) is 9.67. The summed E-state index contributed by atoms with van der Waals surface area (Å²) in [7, 11) is 0. The van der Waals surface area contributed by atoms with Crippen molar-refractivity contribution in [2.24, 2.45) is 0 Å². The number of hydrogen-bond acceptors (Lipinski definition) is 2. The Bertz CT molecular complexity index is 522. The van der Waals surface area contributed by atoms with Gasteiger partial charge in [-0.3, -0.25) is 0 Å². The maximum absolute atomic E-state index is 12.8. The van der Waals surface area contributed by atoms with Crippen LogP contribution in [0, 0.1) is 5.82 Å². The van der Waals surface area contributed by atoms with Gasteiger partial charge in [-0.1, -0.05) is 19.1 Å². The fourth-order valence-corrected chi connectivity index (χ4v) is 1.77. The lowest BCUT2D eigenvalue weighted by atomic mass is 10.2. The molecule has 2 nitrogen and oxygen atoms in total. The summed E-state index contributed by atoms with van der Waals surface area (Å²) in [6, 6.07) is 14.4. The molecule has 2 aromatic rings. The molecule has 0 heterocycles. The first kappa shape index (κ1) is 14.4. The lowest BCUT2D eigenvalue weighted by molar-refractivity contribution is 0.217. The van der Waals surface area contributed by atoms with Crippen LogP contribution in [0.3, 0.4) is 0 Å². The van der Waals surface area contributed by atoms with Gasteiger partial charge in [0.15, 0.2) is 0 Å². The maximum Gasteiger partial charge on any atom is 0.123 e. The third kappa shape index (κ3) is 4.26. The van der Waals surface area contributed by atoms with Crippen molar-refractivity contribution < 1.29 is 9.13 Å². The van der Waals surface area contributed by atoms with Gasteiger partial charge < -0.3 is 10.1 Å². The number of anilines is 1. The summed E-state index contributed by atoms with van der Waals surface area (Å²) in [6.45, 7) is 4.83. The van der Waals surface area contributed by atoms with Crippen LogP contribution >= 0.6 is 0 Å². The molecule has 106 valence electrons. The zero-order valence-corrected chi connectivity index (χ0v) is 11.9. The molecule has 0 fully saturated rings. The molecule has 3 heteroatoms. The van der Waals surface area contributed by atoms with Gasteiger partial charge in [0.25, 0.3) is 0 Å². The first-order valence-electron chi connectivity index (χ1n) is 6.92. The van der Waals surface area contributed by atoms with Crippen LogP contribution in [-0.2, 0) is 6.54 Å². The summed E-state index contributed by atoms with van der Waals surface area (Å²) in [6.07, 6.45) is 1.22. The molecule has 0 aliphatic carbocycles. The number of halogens is 1. The number of rotatable bonds is 6. The van der Waals surface area contributed by atoms with Crippen molar-refractivity contribution >= 4 is 5.69 Å². The standard InChI is InChI=1S/C17H20FNO/c1-3-13(2)20-17-10-8-16(9-11-17)19-12-14-4-6-15(18)7-5-14/h4-11,13,19H,3,12H2,1-2H3.